The molecule has 16 heavy (non-hydrogen) atoms. The third-order valence-corrected chi connectivity index (χ3v) is 2.26. The molecule has 9 heteroatoms. The Labute approximate surface area is 102 Å². The van der Waals surface area contributed by atoms with Crippen molar-refractivity contribution in [2.75, 3.05) is 19.8 Å². The van der Waals surface area contributed by atoms with E-state index in [0.29, 0.717) is 11.0 Å². The lowest BCUT2D eigenvalue weighted by Crippen LogP contribution is -2.35. The van der Waals surface area contributed by atoms with Gasteiger partial charge in [-0.1, -0.05) is 23.4 Å². The Balaban J connectivity index is 4.01. The third kappa shape index (κ3) is 8.06. The van der Waals surface area contributed by atoms with Gasteiger partial charge in [0.05, 0.1) is 0 Å². The fourth-order valence-corrected chi connectivity index (χ4v) is 0.850. The van der Waals surface area contributed by atoms with Gasteiger partial charge in [-0.25, -0.2) is 15.1 Å². The van der Waals surface area contributed by atoms with Gasteiger partial charge in [0, 0.05) is 19.8 Å². The molecule has 0 aromatic rings. The number of nitrogens with zero attached hydrogens (tertiary/aromatic N) is 3. The molecule has 0 aromatic heterocycles. The second-order valence-electron chi connectivity index (χ2n) is 2.29. The van der Waals surface area contributed by atoms with Gasteiger partial charge in [-0.05, 0) is 12.3 Å². The molecule has 90 valence electrons. The van der Waals surface area contributed by atoms with Crippen LogP contribution in [0.5, 0.6) is 0 Å². The van der Waals surface area contributed by atoms with E-state index in [2.05, 4.69) is 20.7 Å². The van der Waals surface area contributed by atoms with Crippen LogP contribution >= 0.6 is 23.4 Å². The molecule has 0 aliphatic heterocycles. The molecule has 0 radical (unpaired) electrons. The van der Waals surface area contributed by atoms with E-state index in [1.807, 2.05) is 0 Å². The first-order valence-electron chi connectivity index (χ1n) is 4.17. The highest BCUT2D eigenvalue weighted by Gasteiger charge is 1.98. The van der Waals surface area contributed by atoms with Gasteiger partial charge in [0.25, 0.3) is 5.96 Å². The van der Waals surface area contributed by atoms with Crippen LogP contribution in [0.15, 0.2) is 22.4 Å². The van der Waals surface area contributed by atoms with E-state index in [0.717, 1.165) is 0 Å². The molecule has 0 aromatic carbocycles. The molecule has 0 aliphatic rings. The quantitative estimate of drug-likeness (QED) is 0.340. The van der Waals surface area contributed by atoms with Crippen molar-refractivity contribution in [1.29, 1.82) is 0 Å². The molecule has 0 saturated heterocycles. The molecule has 0 rings (SSSR count). The zero-order valence-electron chi connectivity index (χ0n) is 8.81. The molecule has 0 aliphatic carbocycles. The molecular weight excluding hydrogens is 254 g/mol. The first-order chi connectivity index (χ1) is 7.60. The lowest BCUT2D eigenvalue weighted by Gasteiger charge is -2.01. The highest BCUT2D eigenvalue weighted by atomic mass is 35.5. The molecule has 0 spiro atoms. The van der Waals surface area contributed by atoms with Gasteiger partial charge in [-0.15, -0.1) is 0 Å². The maximum atomic E-state index is 10.1. The topological polar surface area (TPSA) is 91.9 Å². The standard InChI is InChI=1S/C7H12ClN5O2S/c1-9-7(12-13(14)15)11-5-3-4-10-6(8)16-2/h3-4H,5H2,1-2H3,(H2,9,11,12)/b4-3+,10-6?. The average Bonchev–Trinajstić information content (AvgIpc) is 2.26. The van der Waals surface area contributed by atoms with Crippen molar-refractivity contribution in [1.82, 2.24) is 10.6 Å². The first-order valence-corrected chi connectivity index (χ1v) is 5.77. The van der Waals surface area contributed by atoms with E-state index in [-0.39, 0.29) is 5.96 Å². The summed E-state index contributed by atoms with van der Waals surface area (Å²) in [5.41, 5.74) is 0. The van der Waals surface area contributed by atoms with Gasteiger partial charge in [0.1, 0.15) is 5.10 Å². The molecule has 0 heterocycles. The Morgan fingerprint density at radius 2 is 2.38 bits per heavy atom. The van der Waals surface area contributed by atoms with Gasteiger partial charge >= 0.3 is 0 Å². The molecular formula is C7H12ClN5O2S. The van der Waals surface area contributed by atoms with Crippen LogP contribution in [0.4, 0.5) is 0 Å². The Morgan fingerprint density at radius 1 is 1.69 bits per heavy atom. The molecule has 0 saturated carbocycles. The Bertz CT molecular complexity index is 318. The van der Waals surface area contributed by atoms with Crippen LogP contribution in [-0.4, -0.2) is 35.3 Å². The van der Waals surface area contributed by atoms with Gasteiger partial charge < -0.3 is 10.6 Å². The minimum Gasteiger partial charge on any atom is -0.354 e. The monoisotopic (exact) mass is 265 g/mol. The van der Waals surface area contributed by atoms with Crippen LogP contribution in [-0.2, 0) is 0 Å². The van der Waals surface area contributed by atoms with Crippen molar-refractivity contribution >= 4 is 33.8 Å². The van der Waals surface area contributed by atoms with Gasteiger partial charge in [0.2, 0.25) is 0 Å². The van der Waals surface area contributed by atoms with Crippen molar-refractivity contribution in [3.63, 3.8) is 0 Å². The molecule has 0 atom stereocenters. The number of halogens is 1. The largest absolute Gasteiger partial charge is 0.354 e. The van der Waals surface area contributed by atoms with E-state index in [1.54, 1.807) is 12.3 Å². The van der Waals surface area contributed by atoms with Crippen LogP contribution in [0.1, 0.15) is 0 Å². The van der Waals surface area contributed by atoms with Crippen LogP contribution < -0.4 is 10.6 Å². The smallest absolute Gasteiger partial charge is 0.268 e. The summed E-state index contributed by atoms with van der Waals surface area (Å²) in [6.07, 6.45) is 4.97. The van der Waals surface area contributed by atoms with Crippen molar-refractivity contribution in [2.24, 2.45) is 10.1 Å². The molecule has 2 N–H and O–H groups in total. The zero-order valence-corrected chi connectivity index (χ0v) is 10.4. The highest BCUT2D eigenvalue weighted by molar-refractivity contribution is 8.16. The number of aliphatic imine (C=N–C) groups is 1. The van der Waals surface area contributed by atoms with Crippen molar-refractivity contribution in [3.05, 3.63) is 22.4 Å². The normalized spacial score (nSPS) is 12.9. The fraction of sp³-hybridized carbons (Fsp3) is 0.429. The molecule has 0 amide bonds. The van der Waals surface area contributed by atoms with Crippen molar-refractivity contribution < 1.29 is 5.03 Å². The summed E-state index contributed by atoms with van der Waals surface area (Å²) < 4.78 is 0.420. The highest BCUT2D eigenvalue weighted by Crippen LogP contribution is 2.02. The van der Waals surface area contributed by atoms with Gasteiger partial charge in [-0.3, -0.25) is 0 Å². The summed E-state index contributed by atoms with van der Waals surface area (Å²) in [5, 5.41) is 17.6. The Morgan fingerprint density at radius 3 is 2.88 bits per heavy atom. The van der Waals surface area contributed by atoms with E-state index in [9.17, 15) is 10.1 Å². The number of rotatable bonds is 4. The first kappa shape index (κ1) is 14.7. The summed E-state index contributed by atoms with van der Waals surface area (Å²) in [6, 6.07) is 0. The maximum absolute atomic E-state index is 10.1. The lowest BCUT2D eigenvalue weighted by molar-refractivity contribution is -0.485. The fourth-order valence-electron chi connectivity index (χ4n) is 0.628. The van der Waals surface area contributed by atoms with E-state index >= 15 is 0 Å². The minimum atomic E-state index is -0.786. The summed E-state index contributed by atoms with van der Waals surface area (Å²) >= 11 is 6.94. The number of hydrazone groups is 1. The predicted molar refractivity (Wildman–Crippen MR) is 67.4 cm³/mol. The number of nitrogens with one attached hydrogen (secondary N) is 2. The Kier molecular flexibility index (Phi) is 8.26. The summed E-state index contributed by atoms with van der Waals surface area (Å²) in [4.78, 5) is 13.9. The number of thioether (sulfide) groups is 1. The number of hydrogen-bond acceptors (Lipinski definition) is 4. The summed E-state index contributed by atoms with van der Waals surface area (Å²) in [5.74, 6) is 0.0783. The van der Waals surface area contributed by atoms with E-state index < -0.39 is 5.03 Å². The second kappa shape index (κ2) is 8.98. The third-order valence-electron chi connectivity index (χ3n) is 1.26. The molecule has 0 bridgehead atoms. The predicted octanol–water partition coefficient (Wildman–Crippen LogP) is 0.815. The average molecular weight is 266 g/mol. The maximum Gasteiger partial charge on any atom is 0.268 e. The zero-order chi connectivity index (χ0) is 12.4. The molecule has 0 fully saturated rings. The van der Waals surface area contributed by atoms with Gasteiger partial charge in [0.15, 0.2) is 9.54 Å². The van der Waals surface area contributed by atoms with Crippen LogP contribution in [0.3, 0.4) is 0 Å². The van der Waals surface area contributed by atoms with Gasteiger partial charge in [-0.2, -0.15) is 0 Å². The van der Waals surface area contributed by atoms with E-state index in [1.165, 1.54) is 25.0 Å². The van der Waals surface area contributed by atoms with Crippen LogP contribution in [0.25, 0.3) is 0 Å². The molecule has 7 nitrogen and oxygen atoms in total. The number of guanidine groups is 1. The Hall–Kier alpha value is -1.28. The minimum absolute atomic E-state index is 0.0783. The SMILES string of the molecule is CNC(=N[N+](=O)[O-])NC/C=C/N=C(Cl)SC. The number of hydrogen-bond donors (Lipinski definition) is 2. The summed E-state index contributed by atoms with van der Waals surface area (Å²) in [7, 11) is 1.53. The summed E-state index contributed by atoms with van der Waals surface area (Å²) in [6.45, 7) is 0.357. The van der Waals surface area contributed by atoms with Crippen LogP contribution in [0, 0.1) is 10.1 Å². The van der Waals surface area contributed by atoms with Crippen molar-refractivity contribution in [2.45, 2.75) is 0 Å². The van der Waals surface area contributed by atoms with Crippen molar-refractivity contribution in [3.8, 4) is 0 Å². The number of nitro groups is 1. The van der Waals surface area contributed by atoms with Crippen LogP contribution in [0.2, 0.25) is 0 Å². The van der Waals surface area contributed by atoms with E-state index in [4.69, 9.17) is 11.6 Å². The lowest BCUT2D eigenvalue weighted by atomic mass is 10.6. The molecule has 0 unspecified atom stereocenters. The second-order valence-corrected chi connectivity index (χ2v) is 3.67.